The third-order valence-electron chi connectivity index (χ3n) is 6.27. The van der Waals surface area contributed by atoms with Crippen LogP contribution in [0.5, 0.6) is 5.75 Å². The first-order chi connectivity index (χ1) is 15.8. The van der Waals surface area contributed by atoms with Gasteiger partial charge in [-0.05, 0) is 56.9 Å². The normalized spacial score (nSPS) is 13.9. The molecule has 8 heteroatoms. The van der Waals surface area contributed by atoms with Crippen molar-refractivity contribution in [3.05, 3.63) is 62.2 Å². The molecule has 1 aliphatic rings. The Morgan fingerprint density at radius 3 is 2.21 bits per heavy atom. The van der Waals surface area contributed by atoms with Crippen LogP contribution in [-0.4, -0.2) is 34.7 Å². The van der Waals surface area contributed by atoms with E-state index in [1.165, 1.54) is 15.6 Å². The number of nitrogens with one attached hydrogen (secondary N) is 1. The number of amides is 1. The Labute approximate surface area is 192 Å². The lowest BCUT2D eigenvalue weighted by atomic mass is 10.1. The van der Waals surface area contributed by atoms with Gasteiger partial charge in [0.05, 0.1) is 22.4 Å². The van der Waals surface area contributed by atoms with Gasteiger partial charge in [0.2, 0.25) is 0 Å². The number of aromatic nitrogens is 2. The third kappa shape index (κ3) is 4.51. The summed E-state index contributed by atoms with van der Waals surface area (Å²) >= 11 is 0. The molecule has 1 fully saturated rings. The second-order valence-corrected chi connectivity index (χ2v) is 8.74. The van der Waals surface area contributed by atoms with Crippen LogP contribution >= 0.6 is 0 Å². The minimum Gasteiger partial charge on any atom is -0.483 e. The number of benzene rings is 2. The Kier molecular flexibility index (Phi) is 6.26. The van der Waals surface area contributed by atoms with Crippen LogP contribution in [0.2, 0.25) is 0 Å². The lowest BCUT2D eigenvalue weighted by Crippen LogP contribution is -2.39. The number of aryl methyl sites for hydroxylation is 4. The molecule has 1 saturated heterocycles. The maximum atomic E-state index is 12.8. The molecule has 174 valence electrons. The van der Waals surface area contributed by atoms with Gasteiger partial charge in [0, 0.05) is 27.2 Å². The number of rotatable bonds is 5. The van der Waals surface area contributed by atoms with Gasteiger partial charge in [0.1, 0.15) is 5.75 Å². The number of piperidine rings is 1. The van der Waals surface area contributed by atoms with Crippen LogP contribution in [-0.2, 0) is 18.9 Å². The first kappa shape index (κ1) is 22.6. The van der Waals surface area contributed by atoms with Gasteiger partial charge in [0.15, 0.2) is 6.61 Å². The molecule has 1 N–H and O–H groups in total. The molecule has 1 aromatic heterocycles. The summed E-state index contributed by atoms with van der Waals surface area (Å²) < 4.78 is 8.46. The van der Waals surface area contributed by atoms with Crippen LogP contribution in [0.4, 0.5) is 11.4 Å². The predicted octanol–water partition coefficient (Wildman–Crippen LogP) is 2.86. The minimum absolute atomic E-state index is 0.131. The number of fused-ring (bicyclic) bond motifs is 1. The molecular weight excluding hydrogens is 420 g/mol. The number of carbonyl (C=O) groups excluding carboxylic acids is 1. The largest absolute Gasteiger partial charge is 0.483 e. The quantitative estimate of drug-likeness (QED) is 0.604. The van der Waals surface area contributed by atoms with E-state index in [0.29, 0.717) is 22.5 Å². The fourth-order valence-electron chi connectivity index (χ4n) is 4.40. The molecule has 2 aromatic carbocycles. The van der Waals surface area contributed by atoms with E-state index in [2.05, 4.69) is 10.2 Å². The van der Waals surface area contributed by atoms with E-state index in [1.807, 2.05) is 38.1 Å². The van der Waals surface area contributed by atoms with E-state index in [9.17, 15) is 14.4 Å². The van der Waals surface area contributed by atoms with Crippen molar-refractivity contribution in [1.29, 1.82) is 0 Å². The van der Waals surface area contributed by atoms with Crippen molar-refractivity contribution in [2.24, 2.45) is 14.1 Å². The highest BCUT2D eigenvalue weighted by molar-refractivity contribution is 5.99. The van der Waals surface area contributed by atoms with Crippen molar-refractivity contribution in [1.82, 2.24) is 9.13 Å². The molecule has 4 rings (SSSR count). The number of carbonyl (C=O) groups is 1. The van der Waals surface area contributed by atoms with Crippen LogP contribution in [0, 0.1) is 13.8 Å². The molecule has 33 heavy (non-hydrogen) atoms. The molecule has 3 aromatic rings. The zero-order valence-corrected chi connectivity index (χ0v) is 19.6. The molecule has 0 spiro atoms. The molecular formula is C25H30N4O4. The molecule has 0 saturated carbocycles. The zero-order valence-electron chi connectivity index (χ0n) is 19.6. The highest BCUT2D eigenvalue weighted by Gasteiger charge is 2.20. The van der Waals surface area contributed by atoms with Crippen molar-refractivity contribution in [2.75, 3.05) is 29.9 Å². The molecule has 0 atom stereocenters. The van der Waals surface area contributed by atoms with Gasteiger partial charge in [0.25, 0.3) is 5.91 Å². The van der Waals surface area contributed by atoms with E-state index in [-0.39, 0.29) is 12.5 Å². The molecule has 0 radical (unpaired) electrons. The Bertz CT molecular complexity index is 1330. The van der Waals surface area contributed by atoms with E-state index < -0.39 is 11.1 Å². The maximum absolute atomic E-state index is 12.8. The fourth-order valence-corrected chi connectivity index (χ4v) is 4.40. The van der Waals surface area contributed by atoms with E-state index in [0.717, 1.165) is 42.7 Å². The van der Waals surface area contributed by atoms with E-state index >= 15 is 0 Å². The molecule has 1 amide bonds. The lowest BCUT2D eigenvalue weighted by molar-refractivity contribution is -0.118. The van der Waals surface area contributed by atoms with Crippen LogP contribution in [0.15, 0.2) is 39.9 Å². The topological polar surface area (TPSA) is 85.6 Å². The highest BCUT2D eigenvalue weighted by Crippen LogP contribution is 2.32. The lowest BCUT2D eigenvalue weighted by Gasteiger charge is -2.31. The summed E-state index contributed by atoms with van der Waals surface area (Å²) in [5, 5.41) is 2.97. The monoisotopic (exact) mass is 450 g/mol. The van der Waals surface area contributed by atoms with Gasteiger partial charge in [-0.3, -0.25) is 14.4 Å². The summed E-state index contributed by atoms with van der Waals surface area (Å²) in [5.41, 5.74) is 3.59. The average Bonchev–Trinajstić information content (AvgIpc) is 2.81. The maximum Gasteiger partial charge on any atom is 0.316 e. The second-order valence-electron chi connectivity index (χ2n) is 8.74. The summed E-state index contributed by atoms with van der Waals surface area (Å²) in [6.07, 6.45) is 3.30. The van der Waals surface area contributed by atoms with Crippen molar-refractivity contribution in [3.8, 4) is 5.75 Å². The summed E-state index contributed by atoms with van der Waals surface area (Å²) in [6.45, 7) is 5.56. The van der Waals surface area contributed by atoms with E-state index in [1.54, 1.807) is 20.2 Å². The Morgan fingerprint density at radius 1 is 0.939 bits per heavy atom. The smallest absolute Gasteiger partial charge is 0.316 e. The molecule has 0 aliphatic carbocycles. The van der Waals surface area contributed by atoms with Gasteiger partial charge < -0.3 is 24.1 Å². The molecule has 0 bridgehead atoms. The summed E-state index contributed by atoms with van der Waals surface area (Å²) in [4.78, 5) is 39.8. The first-order valence-electron chi connectivity index (χ1n) is 11.2. The Morgan fingerprint density at radius 2 is 1.58 bits per heavy atom. The second kappa shape index (κ2) is 9.13. The molecule has 0 unspecified atom stereocenters. The van der Waals surface area contributed by atoms with Gasteiger partial charge in [-0.2, -0.15) is 0 Å². The average molecular weight is 451 g/mol. The van der Waals surface area contributed by atoms with Crippen LogP contribution < -0.4 is 26.1 Å². The number of hydrogen-bond donors (Lipinski definition) is 1. The van der Waals surface area contributed by atoms with E-state index in [4.69, 9.17) is 4.74 Å². The fraction of sp³-hybridized carbons (Fsp3) is 0.400. The number of ether oxygens (including phenoxy) is 1. The number of hydrogen-bond acceptors (Lipinski definition) is 5. The third-order valence-corrected chi connectivity index (χ3v) is 6.27. The predicted molar refractivity (Wildman–Crippen MR) is 131 cm³/mol. The van der Waals surface area contributed by atoms with Crippen molar-refractivity contribution in [3.63, 3.8) is 0 Å². The van der Waals surface area contributed by atoms with Crippen molar-refractivity contribution >= 4 is 28.3 Å². The molecule has 1 aliphatic heterocycles. The van der Waals surface area contributed by atoms with Crippen molar-refractivity contribution < 1.29 is 9.53 Å². The molecule has 8 nitrogen and oxygen atoms in total. The van der Waals surface area contributed by atoms with Gasteiger partial charge in [-0.15, -0.1) is 0 Å². The standard InChI is InChI=1S/C25H30N4O4/c1-16-8-9-22(17(2)12-16)33-15-23(30)26-18-13-20-21(28(4)25(32)24(31)27(20)3)14-19(18)29-10-6-5-7-11-29/h8-9,12-14H,5-7,10-11,15H2,1-4H3,(H,26,30). The highest BCUT2D eigenvalue weighted by atomic mass is 16.5. The van der Waals surface area contributed by atoms with Gasteiger partial charge in [-0.25, -0.2) is 0 Å². The number of anilines is 2. The Balaban J connectivity index is 1.69. The van der Waals surface area contributed by atoms with Gasteiger partial charge >= 0.3 is 11.1 Å². The summed E-state index contributed by atoms with van der Waals surface area (Å²) in [5.74, 6) is 0.380. The number of nitrogens with zero attached hydrogens (tertiary/aromatic N) is 3. The minimum atomic E-state index is -0.605. The van der Waals surface area contributed by atoms with Crippen molar-refractivity contribution in [2.45, 2.75) is 33.1 Å². The molecule has 2 heterocycles. The van der Waals surface area contributed by atoms with Crippen LogP contribution in [0.25, 0.3) is 11.0 Å². The summed E-state index contributed by atoms with van der Waals surface area (Å²) in [7, 11) is 3.17. The van der Waals surface area contributed by atoms with Crippen LogP contribution in [0.3, 0.4) is 0 Å². The SMILES string of the molecule is Cc1ccc(OCC(=O)Nc2cc3c(cc2N2CCCCC2)n(C)c(=O)c(=O)n3C)c(C)c1. The summed E-state index contributed by atoms with van der Waals surface area (Å²) in [6, 6.07) is 9.49. The Hall–Kier alpha value is -3.55. The van der Waals surface area contributed by atoms with Crippen LogP contribution in [0.1, 0.15) is 30.4 Å². The van der Waals surface area contributed by atoms with Gasteiger partial charge in [-0.1, -0.05) is 17.7 Å². The first-order valence-corrected chi connectivity index (χ1v) is 11.2. The zero-order chi connectivity index (χ0) is 23.7.